The van der Waals surface area contributed by atoms with Crippen LogP contribution < -0.4 is 5.32 Å². The van der Waals surface area contributed by atoms with E-state index in [1.54, 1.807) is 24.3 Å². The van der Waals surface area contributed by atoms with Crippen molar-refractivity contribution in [2.45, 2.75) is 17.8 Å². The monoisotopic (exact) mass is 483 g/mol. The van der Waals surface area contributed by atoms with Crippen LogP contribution in [0, 0.1) is 0 Å². The highest BCUT2D eigenvalue weighted by molar-refractivity contribution is 14.1. The average Bonchev–Trinajstić information content (AvgIpc) is 2.82. The largest absolute Gasteiger partial charge is 0.325 e. The summed E-state index contributed by atoms with van der Waals surface area (Å²) in [7, 11) is 0. The molecule has 0 fully saturated rings. The minimum Gasteiger partial charge on any atom is -0.325 e. The maximum atomic E-state index is 13.1. The van der Waals surface area contributed by atoms with E-state index < -0.39 is 5.41 Å². The van der Waals surface area contributed by atoms with Crippen molar-refractivity contribution in [3.63, 3.8) is 0 Å². The zero-order valence-electron chi connectivity index (χ0n) is 12.9. The Labute approximate surface area is 168 Å². The second-order valence-electron chi connectivity index (χ2n) is 6.24. The number of hydrogen-bond acceptors (Lipinski definition) is 2. The van der Waals surface area contributed by atoms with E-state index in [0.717, 1.165) is 11.1 Å². The number of Topliss-reactive ketones (excluding diaryl/α,β-unsaturated/α-hetero) is 1. The lowest BCUT2D eigenvalue weighted by molar-refractivity contribution is -0.121. The predicted octanol–water partition coefficient (Wildman–Crippen LogP) is 5.26. The Kier molecular flexibility index (Phi) is 4.17. The Balaban J connectivity index is 1.99. The van der Waals surface area contributed by atoms with Gasteiger partial charge in [0.1, 0.15) is 5.41 Å². The number of halogens is 3. The van der Waals surface area contributed by atoms with Crippen molar-refractivity contribution in [1.82, 2.24) is 0 Å². The van der Waals surface area contributed by atoms with Crippen LogP contribution in [-0.2, 0) is 15.0 Å². The molecule has 2 aliphatic rings. The van der Waals surface area contributed by atoms with E-state index >= 15 is 0 Å². The van der Waals surface area contributed by atoms with Crippen molar-refractivity contribution >= 4 is 63.2 Å². The molecule has 0 aromatic heterocycles. The molecule has 1 heterocycles. The van der Waals surface area contributed by atoms with E-state index in [9.17, 15) is 9.59 Å². The number of allylic oxidation sites excluding steroid dienone is 1. The Hall–Kier alpha value is -1.37. The van der Waals surface area contributed by atoms with Crippen LogP contribution in [0.4, 0.5) is 5.69 Å². The first-order valence-electron chi connectivity index (χ1n) is 7.70. The molecule has 2 aromatic carbocycles. The van der Waals surface area contributed by atoms with Crippen LogP contribution in [-0.4, -0.2) is 11.7 Å². The Morgan fingerprint density at radius 1 is 1.08 bits per heavy atom. The predicted molar refractivity (Wildman–Crippen MR) is 108 cm³/mol. The second kappa shape index (κ2) is 6.11. The molecule has 0 saturated heterocycles. The molecule has 2 atom stereocenters. The molecule has 1 spiro atoms. The molecule has 126 valence electrons. The number of fused-ring (bicyclic) bond motifs is 2. The van der Waals surface area contributed by atoms with Gasteiger partial charge in [-0.25, -0.2) is 0 Å². The standard InChI is InChI=1S/C19H12Cl2INO2/c20-11-3-1-2-10(6-11)14-8-17(24)15(22)9-19(14)13-5-4-12(21)7-16(13)23-18(19)25/h1-7,9,14H,8H2,(H,23,25)/t14-,19-/m0/s1. The van der Waals surface area contributed by atoms with E-state index in [1.165, 1.54) is 0 Å². The minimum atomic E-state index is -0.935. The summed E-state index contributed by atoms with van der Waals surface area (Å²) in [6.45, 7) is 0. The number of carbonyl (C=O) groups is 2. The minimum absolute atomic E-state index is 0.0337. The van der Waals surface area contributed by atoms with Crippen LogP contribution in [0.1, 0.15) is 23.5 Å². The molecular weight excluding hydrogens is 472 g/mol. The van der Waals surface area contributed by atoms with Crippen molar-refractivity contribution in [2.75, 3.05) is 5.32 Å². The van der Waals surface area contributed by atoms with Crippen LogP contribution in [0.25, 0.3) is 0 Å². The molecule has 0 unspecified atom stereocenters. The molecule has 0 saturated carbocycles. The van der Waals surface area contributed by atoms with E-state index in [4.69, 9.17) is 23.2 Å². The van der Waals surface area contributed by atoms with Crippen LogP contribution in [0.15, 0.2) is 52.1 Å². The van der Waals surface area contributed by atoms with Crippen LogP contribution >= 0.6 is 45.8 Å². The Morgan fingerprint density at radius 2 is 1.84 bits per heavy atom. The number of benzene rings is 2. The lowest BCUT2D eigenvalue weighted by Gasteiger charge is -2.37. The number of rotatable bonds is 1. The summed E-state index contributed by atoms with van der Waals surface area (Å²) in [6, 6.07) is 12.8. The second-order valence-corrected chi connectivity index (χ2v) is 8.28. The van der Waals surface area contributed by atoms with Gasteiger partial charge in [0.05, 0.1) is 3.58 Å². The molecule has 1 aliphatic carbocycles. The van der Waals surface area contributed by atoms with Gasteiger partial charge in [-0.15, -0.1) is 0 Å². The third kappa shape index (κ3) is 2.62. The van der Waals surface area contributed by atoms with Gasteiger partial charge in [0.15, 0.2) is 5.78 Å². The van der Waals surface area contributed by atoms with Gasteiger partial charge < -0.3 is 5.32 Å². The van der Waals surface area contributed by atoms with E-state index in [-0.39, 0.29) is 24.0 Å². The fourth-order valence-electron chi connectivity index (χ4n) is 3.75. The zero-order chi connectivity index (χ0) is 17.8. The first-order chi connectivity index (χ1) is 11.9. The molecule has 3 nitrogen and oxygen atoms in total. The zero-order valence-corrected chi connectivity index (χ0v) is 16.5. The van der Waals surface area contributed by atoms with Crippen molar-refractivity contribution in [1.29, 1.82) is 0 Å². The third-order valence-electron chi connectivity index (χ3n) is 4.86. The summed E-state index contributed by atoms with van der Waals surface area (Å²) in [4.78, 5) is 25.5. The highest BCUT2D eigenvalue weighted by Crippen LogP contribution is 2.53. The molecule has 0 bridgehead atoms. The fraction of sp³-hybridized carbons (Fsp3) is 0.158. The van der Waals surface area contributed by atoms with Crippen LogP contribution in [0.5, 0.6) is 0 Å². The molecule has 25 heavy (non-hydrogen) atoms. The van der Waals surface area contributed by atoms with Gasteiger partial charge in [0, 0.05) is 28.1 Å². The highest BCUT2D eigenvalue weighted by atomic mass is 127. The summed E-state index contributed by atoms with van der Waals surface area (Å²) < 4.78 is 0.578. The van der Waals surface area contributed by atoms with Gasteiger partial charge in [-0.3, -0.25) is 9.59 Å². The summed E-state index contributed by atoms with van der Waals surface area (Å²) >= 11 is 14.3. The molecule has 4 rings (SSSR count). The molecule has 1 amide bonds. The highest BCUT2D eigenvalue weighted by Gasteiger charge is 2.54. The number of hydrogen-bond donors (Lipinski definition) is 1. The van der Waals surface area contributed by atoms with Gasteiger partial charge in [0.25, 0.3) is 0 Å². The number of ketones is 1. The summed E-state index contributed by atoms with van der Waals surface area (Å²) in [5, 5.41) is 4.07. The Morgan fingerprint density at radius 3 is 2.60 bits per heavy atom. The first kappa shape index (κ1) is 17.1. The average molecular weight is 484 g/mol. The van der Waals surface area contributed by atoms with Crippen molar-refractivity contribution < 1.29 is 9.59 Å². The summed E-state index contributed by atoms with van der Waals surface area (Å²) in [5.41, 5.74) is 1.47. The van der Waals surface area contributed by atoms with E-state index in [0.29, 0.717) is 19.3 Å². The van der Waals surface area contributed by atoms with Crippen molar-refractivity contribution in [2.24, 2.45) is 0 Å². The van der Waals surface area contributed by atoms with Gasteiger partial charge >= 0.3 is 0 Å². The summed E-state index contributed by atoms with van der Waals surface area (Å²) in [5.74, 6) is -0.428. The first-order valence-corrected chi connectivity index (χ1v) is 9.54. The smallest absolute Gasteiger partial charge is 0.239 e. The third-order valence-corrected chi connectivity index (χ3v) is 6.25. The number of carbonyl (C=O) groups excluding carboxylic acids is 2. The van der Waals surface area contributed by atoms with Gasteiger partial charge in [-0.1, -0.05) is 41.4 Å². The number of amides is 1. The topological polar surface area (TPSA) is 46.2 Å². The fourth-order valence-corrected chi connectivity index (χ4v) is 4.83. The van der Waals surface area contributed by atoms with Crippen molar-refractivity contribution in [3.05, 3.63) is 73.3 Å². The van der Waals surface area contributed by atoms with E-state index in [2.05, 4.69) is 5.32 Å². The Bertz CT molecular complexity index is 956. The van der Waals surface area contributed by atoms with Gasteiger partial charge in [-0.05, 0) is 64.1 Å². The maximum absolute atomic E-state index is 13.1. The van der Waals surface area contributed by atoms with Crippen LogP contribution in [0.3, 0.4) is 0 Å². The normalized spacial score (nSPS) is 24.9. The molecule has 0 radical (unpaired) electrons. The summed E-state index contributed by atoms with van der Waals surface area (Å²) in [6.07, 6.45) is 2.05. The SMILES string of the molecule is O=C1C[C@@H](c2cccc(Cl)c2)[C@@]2(C=C1I)C(=O)Nc1cc(Cl)ccc12. The lowest BCUT2D eigenvalue weighted by atomic mass is 9.64. The molecule has 6 heteroatoms. The molecular formula is C19H12Cl2INO2. The van der Waals surface area contributed by atoms with Gasteiger partial charge in [-0.2, -0.15) is 0 Å². The van der Waals surface area contributed by atoms with E-state index in [1.807, 2.05) is 46.9 Å². The van der Waals surface area contributed by atoms with Crippen LogP contribution in [0.2, 0.25) is 10.0 Å². The number of nitrogens with one attached hydrogen (secondary N) is 1. The quantitative estimate of drug-likeness (QED) is 0.562. The molecule has 1 N–H and O–H groups in total. The van der Waals surface area contributed by atoms with Crippen molar-refractivity contribution in [3.8, 4) is 0 Å². The maximum Gasteiger partial charge on any atom is 0.239 e. The molecule has 2 aromatic rings. The lowest BCUT2D eigenvalue weighted by Crippen LogP contribution is -2.42. The number of anilines is 1. The molecule has 1 aliphatic heterocycles. The van der Waals surface area contributed by atoms with Gasteiger partial charge in [0.2, 0.25) is 5.91 Å².